The molecule has 3 nitrogen and oxygen atoms in total. The molecule has 1 aromatic carbocycles. The minimum atomic E-state index is -0.781. The molecule has 1 unspecified atom stereocenters. The Morgan fingerprint density at radius 3 is 2.75 bits per heavy atom. The van der Waals surface area contributed by atoms with E-state index in [9.17, 15) is 14.0 Å². The number of hydrogen-bond donors (Lipinski definition) is 1. The Kier molecular flexibility index (Phi) is 4.56. The van der Waals surface area contributed by atoms with Crippen LogP contribution in [0.1, 0.15) is 26.2 Å². The zero-order chi connectivity index (χ0) is 14.6. The van der Waals surface area contributed by atoms with Gasteiger partial charge in [0.1, 0.15) is 18.0 Å². The van der Waals surface area contributed by atoms with Gasteiger partial charge >= 0.3 is 0 Å². The van der Waals surface area contributed by atoms with Crippen LogP contribution in [0.5, 0.6) is 5.75 Å². The second kappa shape index (κ2) is 6.19. The highest BCUT2D eigenvalue weighted by Gasteiger charge is 2.46. The van der Waals surface area contributed by atoms with E-state index < -0.39 is 17.2 Å². The fourth-order valence-electron chi connectivity index (χ4n) is 2.18. The van der Waals surface area contributed by atoms with E-state index in [1.807, 2.05) is 6.92 Å². The number of rotatable bonds is 7. The molecular weight excluding hydrogens is 262 g/mol. The van der Waals surface area contributed by atoms with Gasteiger partial charge in [-0.05, 0) is 43.9 Å². The largest absolute Gasteiger partial charge is 0.487 e. The van der Waals surface area contributed by atoms with Gasteiger partial charge in [-0.15, -0.1) is 0 Å². The molecule has 0 bridgehead atoms. The number of nitriles is 1. The summed E-state index contributed by atoms with van der Waals surface area (Å²) in [6.45, 7) is 2.79. The predicted molar refractivity (Wildman–Crippen MR) is 71.2 cm³/mol. The molecule has 0 aliphatic heterocycles. The van der Waals surface area contributed by atoms with Gasteiger partial charge in [-0.3, -0.25) is 5.32 Å². The van der Waals surface area contributed by atoms with Crippen LogP contribution < -0.4 is 10.1 Å². The molecule has 1 fully saturated rings. The lowest BCUT2D eigenvalue weighted by molar-refractivity contribution is 0.196. The van der Waals surface area contributed by atoms with Crippen molar-refractivity contribution < 1.29 is 13.5 Å². The first kappa shape index (κ1) is 14.7. The topological polar surface area (TPSA) is 45.0 Å². The fourth-order valence-corrected chi connectivity index (χ4v) is 2.18. The second-order valence-electron chi connectivity index (χ2n) is 5.15. The minimum absolute atomic E-state index is 0.0232. The van der Waals surface area contributed by atoms with Gasteiger partial charge < -0.3 is 4.74 Å². The van der Waals surface area contributed by atoms with Crippen molar-refractivity contribution in [1.82, 2.24) is 5.32 Å². The molecule has 0 radical (unpaired) electrons. The lowest BCUT2D eigenvalue weighted by Gasteiger charge is -2.28. The summed E-state index contributed by atoms with van der Waals surface area (Å²) in [5.74, 6) is -1.18. The van der Waals surface area contributed by atoms with Crippen LogP contribution in [0.3, 0.4) is 0 Å². The summed E-state index contributed by atoms with van der Waals surface area (Å²) >= 11 is 0. The Balaban J connectivity index is 2.06. The Morgan fingerprint density at radius 2 is 2.20 bits per heavy atom. The Labute approximate surface area is 117 Å². The molecule has 1 aliphatic carbocycles. The van der Waals surface area contributed by atoms with Gasteiger partial charge in [0.05, 0.1) is 6.07 Å². The molecule has 108 valence electrons. The van der Waals surface area contributed by atoms with E-state index in [1.54, 1.807) is 0 Å². The van der Waals surface area contributed by atoms with Gasteiger partial charge in [0, 0.05) is 6.07 Å². The summed E-state index contributed by atoms with van der Waals surface area (Å²) in [4.78, 5) is 0. The van der Waals surface area contributed by atoms with Crippen molar-refractivity contribution in [2.24, 2.45) is 5.92 Å². The van der Waals surface area contributed by atoms with Gasteiger partial charge in [0.2, 0.25) is 0 Å². The lowest BCUT2D eigenvalue weighted by Crippen LogP contribution is -2.51. The third kappa shape index (κ3) is 3.26. The Morgan fingerprint density at radius 1 is 1.45 bits per heavy atom. The van der Waals surface area contributed by atoms with E-state index in [-0.39, 0.29) is 18.3 Å². The highest BCUT2D eigenvalue weighted by molar-refractivity contribution is 5.26. The summed E-state index contributed by atoms with van der Waals surface area (Å²) in [6.07, 6.45) is 2.85. The number of nitrogens with one attached hydrogen (secondary N) is 1. The van der Waals surface area contributed by atoms with Crippen molar-refractivity contribution in [3.8, 4) is 11.8 Å². The second-order valence-corrected chi connectivity index (χ2v) is 5.15. The number of benzene rings is 1. The summed E-state index contributed by atoms with van der Waals surface area (Å²) < 4.78 is 31.8. The van der Waals surface area contributed by atoms with Crippen molar-refractivity contribution in [2.45, 2.75) is 31.7 Å². The molecule has 1 atom stereocenters. The minimum Gasteiger partial charge on any atom is -0.487 e. The van der Waals surface area contributed by atoms with Gasteiger partial charge in [0.25, 0.3) is 0 Å². The third-order valence-electron chi connectivity index (χ3n) is 3.51. The third-order valence-corrected chi connectivity index (χ3v) is 3.51. The number of hydrogen-bond acceptors (Lipinski definition) is 3. The van der Waals surface area contributed by atoms with E-state index >= 15 is 0 Å². The van der Waals surface area contributed by atoms with Gasteiger partial charge in [-0.1, -0.05) is 6.92 Å². The molecule has 1 saturated carbocycles. The zero-order valence-electron chi connectivity index (χ0n) is 11.5. The standard InChI is InChI=1S/C15H18F2N2O/c1-2-7-19-15(9-18,11-3-4-11)10-20-14-6-5-12(16)8-13(14)17/h5-6,8,11,19H,2-4,7,10H2,1H3. The van der Waals surface area contributed by atoms with Crippen molar-refractivity contribution in [2.75, 3.05) is 13.2 Å². The Hall–Kier alpha value is -1.67. The van der Waals surface area contributed by atoms with Crippen LogP contribution in [0.25, 0.3) is 0 Å². The average molecular weight is 280 g/mol. The SMILES string of the molecule is CCCNC(C#N)(COc1ccc(F)cc1F)C1CC1. The highest BCUT2D eigenvalue weighted by atomic mass is 19.1. The molecular formula is C15H18F2N2O. The maximum Gasteiger partial charge on any atom is 0.167 e. The molecule has 0 amide bonds. The van der Waals surface area contributed by atoms with E-state index in [4.69, 9.17) is 4.74 Å². The summed E-state index contributed by atoms with van der Waals surface area (Å²) in [5, 5.41) is 12.7. The summed E-state index contributed by atoms with van der Waals surface area (Å²) in [7, 11) is 0. The fraction of sp³-hybridized carbons (Fsp3) is 0.533. The molecule has 0 saturated heterocycles. The predicted octanol–water partition coefficient (Wildman–Crippen LogP) is 3.02. The first-order valence-corrected chi connectivity index (χ1v) is 6.85. The van der Waals surface area contributed by atoms with Crippen molar-refractivity contribution in [1.29, 1.82) is 5.26 Å². The molecule has 1 N–H and O–H groups in total. The van der Waals surface area contributed by atoms with Crippen LogP contribution >= 0.6 is 0 Å². The molecule has 20 heavy (non-hydrogen) atoms. The average Bonchev–Trinajstić information content (AvgIpc) is 3.26. The maximum atomic E-state index is 13.5. The van der Waals surface area contributed by atoms with E-state index in [1.165, 1.54) is 6.07 Å². The molecule has 1 aliphatic rings. The maximum absolute atomic E-state index is 13.5. The van der Waals surface area contributed by atoms with Gasteiger partial charge in [-0.25, -0.2) is 8.78 Å². The molecule has 2 rings (SSSR count). The first-order valence-electron chi connectivity index (χ1n) is 6.85. The monoisotopic (exact) mass is 280 g/mol. The summed E-state index contributed by atoms with van der Waals surface area (Å²) in [5.41, 5.74) is -0.781. The van der Waals surface area contributed by atoms with Gasteiger partial charge in [-0.2, -0.15) is 5.26 Å². The molecule has 0 aromatic heterocycles. The lowest BCUT2D eigenvalue weighted by atomic mass is 9.96. The van der Waals surface area contributed by atoms with Crippen LogP contribution in [-0.4, -0.2) is 18.7 Å². The van der Waals surface area contributed by atoms with Crippen molar-refractivity contribution >= 4 is 0 Å². The smallest absolute Gasteiger partial charge is 0.167 e. The molecule has 1 aromatic rings. The highest BCUT2D eigenvalue weighted by Crippen LogP contribution is 2.40. The van der Waals surface area contributed by atoms with E-state index in [0.29, 0.717) is 6.54 Å². The first-order chi connectivity index (χ1) is 9.61. The van der Waals surface area contributed by atoms with E-state index in [0.717, 1.165) is 31.4 Å². The van der Waals surface area contributed by atoms with Crippen molar-refractivity contribution in [3.05, 3.63) is 29.8 Å². The van der Waals surface area contributed by atoms with E-state index in [2.05, 4.69) is 11.4 Å². The van der Waals surface area contributed by atoms with Gasteiger partial charge in [0.15, 0.2) is 11.6 Å². The van der Waals surface area contributed by atoms with Crippen LogP contribution in [0.15, 0.2) is 18.2 Å². The quantitative estimate of drug-likeness (QED) is 0.835. The molecule has 5 heteroatoms. The number of nitrogens with zero attached hydrogens (tertiary/aromatic N) is 1. The van der Waals surface area contributed by atoms with Crippen LogP contribution in [0.2, 0.25) is 0 Å². The summed E-state index contributed by atoms with van der Waals surface area (Å²) in [6, 6.07) is 5.45. The Bertz CT molecular complexity index is 511. The van der Waals surface area contributed by atoms with Crippen molar-refractivity contribution in [3.63, 3.8) is 0 Å². The number of halogens is 2. The normalized spacial score (nSPS) is 17.3. The number of ether oxygens (including phenoxy) is 1. The van der Waals surface area contributed by atoms with Crippen LogP contribution in [0.4, 0.5) is 8.78 Å². The molecule has 0 heterocycles. The molecule has 0 spiro atoms. The van der Waals surface area contributed by atoms with Crippen LogP contribution in [-0.2, 0) is 0 Å². The zero-order valence-corrected chi connectivity index (χ0v) is 11.5. The van der Waals surface area contributed by atoms with Crippen LogP contribution in [0, 0.1) is 28.9 Å².